The average molecular weight is 256 g/mol. The molecule has 2 atom stereocenters. The quantitative estimate of drug-likeness (QED) is 0.774. The maximum absolute atomic E-state index is 9.71. The molecule has 0 bridgehead atoms. The van der Waals surface area contributed by atoms with Crippen molar-refractivity contribution < 1.29 is 10.2 Å². The first-order chi connectivity index (χ1) is 8.22. The van der Waals surface area contributed by atoms with E-state index < -0.39 is 0 Å². The SMILES string of the molecule is OCC1CCCC1NCc1c(O)cccc1Cl. The van der Waals surface area contributed by atoms with Crippen LogP contribution in [0, 0.1) is 5.92 Å². The summed E-state index contributed by atoms with van der Waals surface area (Å²) < 4.78 is 0. The maximum atomic E-state index is 9.71. The molecule has 0 aromatic heterocycles. The Balaban J connectivity index is 1.98. The van der Waals surface area contributed by atoms with E-state index in [4.69, 9.17) is 11.6 Å². The minimum Gasteiger partial charge on any atom is -0.508 e. The van der Waals surface area contributed by atoms with Gasteiger partial charge in [0.05, 0.1) is 0 Å². The lowest BCUT2D eigenvalue weighted by atomic mass is 10.0. The molecule has 0 radical (unpaired) electrons. The third-order valence-electron chi connectivity index (χ3n) is 3.53. The van der Waals surface area contributed by atoms with E-state index in [2.05, 4.69) is 5.32 Å². The highest BCUT2D eigenvalue weighted by Gasteiger charge is 2.26. The van der Waals surface area contributed by atoms with Gasteiger partial charge in [-0.05, 0) is 30.9 Å². The number of phenols is 1. The number of aromatic hydroxyl groups is 1. The summed E-state index contributed by atoms with van der Waals surface area (Å²) in [5.74, 6) is 0.558. The van der Waals surface area contributed by atoms with Crippen LogP contribution in [0.4, 0.5) is 0 Å². The molecule has 0 saturated heterocycles. The van der Waals surface area contributed by atoms with Gasteiger partial charge in [-0.25, -0.2) is 0 Å². The summed E-state index contributed by atoms with van der Waals surface area (Å²) in [5, 5.41) is 22.9. The molecular formula is C13H18ClNO2. The van der Waals surface area contributed by atoms with Crippen LogP contribution in [-0.2, 0) is 6.54 Å². The largest absolute Gasteiger partial charge is 0.508 e. The van der Waals surface area contributed by atoms with Gasteiger partial charge in [0.15, 0.2) is 0 Å². The molecule has 0 aliphatic heterocycles. The molecule has 17 heavy (non-hydrogen) atoms. The molecule has 1 saturated carbocycles. The smallest absolute Gasteiger partial charge is 0.121 e. The van der Waals surface area contributed by atoms with Gasteiger partial charge in [-0.3, -0.25) is 0 Å². The Hall–Kier alpha value is -0.770. The molecule has 1 aliphatic carbocycles. The molecular weight excluding hydrogens is 238 g/mol. The summed E-state index contributed by atoms with van der Waals surface area (Å²) in [6.45, 7) is 0.777. The molecule has 3 nitrogen and oxygen atoms in total. The predicted molar refractivity (Wildman–Crippen MR) is 68.2 cm³/mol. The number of aliphatic hydroxyl groups excluding tert-OH is 1. The van der Waals surface area contributed by atoms with E-state index >= 15 is 0 Å². The van der Waals surface area contributed by atoms with Crippen LogP contribution in [0.5, 0.6) is 5.75 Å². The van der Waals surface area contributed by atoms with E-state index in [-0.39, 0.29) is 12.4 Å². The second-order valence-electron chi connectivity index (χ2n) is 4.60. The summed E-state index contributed by atoms with van der Waals surface area (Å²) in [6, 6.07) is 5.47. The standard InChI is InChI=1S/C13H18ClNO2/c14-11-4-2-6-13(17)10(11)7-15-12-5-1-3-9(12)8-16/h2,4,6,9,12,15-17H,1,3,5,7-8H2. The monoisotopic (exact) mass is 255 g/mol. The van der Waals surface area contributed by atoms with Crippen molar-refractivity contribution in [3.63, 3.8) is 0 Å². The highest BCUT2D eigenvalue weighted by molar-refractivity contribution is 6.31. The van der Waals surface area contributed by atoms with Gasteiger partial charge in [-0.15, -0.1) is 0 Å². The van der Waals surface area contributed by atoms with Crippen molar-refractivity contribution >= 4 is 11.6 Å². The van der Waals surface area contributed by atoms with Crippen molar-refractivity contribution in [1.82, 2.24) is 5.32 Å². The summed E-state index contributed by atoms with van der Waals surface area (Å²) in [5.41, 5.74) is 0.734. The molecule has 3 N–H and O–H groups in total. The Bertz CT molecular complexity index is 363. The number of hydrogen-bond acceptors (Lipinski definition) is 3. The van der Waals surface area contributed by atoms with Crippen LogP contribution in [-0.4, -0.2) is 22.9 Å². The number of aliphatic hydroxyl groups is 1. The third kappa shape index (κ3) is 2.92. The van der Waals surface area contributed by atoms with Crippen LogP contribution in [0.3, 0.4) is 0 Å². The number of benzene rings is 1. The van der Waals surface area contributed by atoms with Gasteiger partial charge < -0.3 is 15.5 Å². The van der Waals surface area contributed by atoms with E-state index in [1.54, 1.807) is 18.2 Å². The number of nitrogens with one attached hydrogen (secondary N) is 1. The van der Waals surface area contributed by atoms with Crippen molar-refractivity contribution in [3.8, 4) is 5.75 Å². The second-order valence-corrected chi connectivity index (χ2v) is 5.01. The lowest BCUT2D eigenvalue weighted by molar-refractivity contribution is 0.205. The van der Waals surface area contributed by atoms with Gasteiger partial charge in [0, 0.05) is 29.8 Å². The summed E-state index contributed by atoms with van der Waals surface area (Å²) >= 11 is 6.04. The van der Waals surface area contributed by atoms with E-state index in [0.29, 0.717) is 23.5 Å². The Morgan fingerprint density at radius 1 is 1.35 bits per heavy atom. The highest BCUT2D eigenvalue weighted by Crippen LogP contribution is 2.28. The number of rotatable bonds is 4. The zero-order valence-electron chi connectivity index (χ0n) is 9.69. The lowest BCUT2D eigenvalue weighted by Gasteiger charge is -2.19. The molecule has 1 aliphatic rings. The van der Waals surface area contributed by atoms with Crippen molar-refractivity contribution in [2.75, 3.05) is 6.61 Å². The van der Waals surface area contributed by atoms with Crippen LogP contribution in [0.25, 0.3) is 0 Å². The minimum atomic E-state index is 0.226. The number of phenolic OH excluding ortho intramolecular Hbond substituents is 1. The zero-order chi connectivity index (χ0) is 12.3. The van der Waals surface area contributed by atoms with Gasteiger partial charge in [0.25, 0.3) is 0 Å². The Labute approximate surface area is 106 Å². The molecule has 1 fully saturated rings. The molecule has 0 spiro atoms. The second kappa shape index (κ2) is 5.71. The van der Waals surface area contributed by atoms with E-state index in [0.717, 1.165) is 24.8 Å². The molecule has 2 unspecified atom stereocenters. The molecule has 0 amide bonds. The topological polar surface area (TPSA) is 52.5 Å². The van der Waals surface area contributed by atoms with E-state index in [9.17, 15) is 10.2 Å². The van der Waals surface area contributed by atoms with Crippen molar-refractivity contribution in [1.29, 1.82) is 0 Å². The van der Waals surface area contributed by atoms with Crippen molar-refractivity contribution in [2.45, 2.75) is 31.8 Å². The van der Waals surface area contributed by atoms with Crippen LogP contribution in [0.15, 0.2) is 18.2 Å². The van der Waals surface area contributed by atoms with E-state index in [1.165, 1.54) is 0 Å². The first-order valence-corrected chi connectivity index (χ1v) is 6.40. The summed E-state index contributed by atoms with van der Waals surface area (Å²) in [4.78, 5) is 0. The molecule has 1 aromatic rings. The third-order valence-corrected chi connectivity index (χ3v) is 3.88. The van der Waals surface area contributed by atoms with Crippen molar-refractivity contribution in [2.24, 2.45) is 5.92 Å². The van der Waals surface area contributed by atoms with Gasteiger partial charge >= 0.3 is 0 Å². The fourth-order valence-electron chi connectivity index (χ4n) is 2.48. The Morgan fingerprint density at radius 2 is 2.18 bits per heavy atom. The fourth-order valence-corrected chi connectivity index (χ4v) is 2.72. The number of halogens is 1. The Kier molecular flexibility index (Phi) is 4.26. The molecule has 2 rings (SSSR count). The number of hydrogen-bond donors (Lipinski definition) is 3. The van der Waals surface area contributed by atoms with Crippen LogP contribution < -0.4 is 5.32 Å². The highest BCUT2D eigenvalue weighted by atomic mass is 35.5. The van der Waals surface area contributed by atoms with Gasteiger partial charge in [-0.2, -0.15) is 0 Å². The van der Waals surface area contributed by atoms with Crippen LogP contribution in [0.2, 0.25) is 5.02 Å². The van der Waals surface area contributed by atoms with Gasteiger partial charge in [0.1, 0.15) is 5.75 Å². The summed E-state index contributed by atoms with van der Waals surface area (Å²) in [6.07, 6.45) is 3.30. The van der Waals surface area contributed by atoms with Crippen LogP contribution in [0.1, 0.15) is 24.8 Å². The van der Waals surface area contributed by atoms with Crippen LogP contribution >= 0.6 is 11.6 Å². The first-order valence-electron chi connectivity index (χ1n) is 6.03. The van der Waals surface area contributed by atoms with E-state index in [1.807, 2.05) is 0 Å². The maximum Gasteiger partial charge on any atom is 0.121 e. The van der Waals surface area contributed by atoms with Gasteiger partial charge in [0.2, 0.25) is 0 Å². The molecule has 94 valence electrons. The average Bonchev–Trinajstić information content (AvgIpc) is 2.76. The predicted octanol–water partition coefficient (Wildman–Crippen LogP) is 2.30. The fraction of sp³-hybridized carbons (Fsp3) is 0.538. The molecule has 0 heterocycles. The molecule has 1 aromatic carbocycles. The minimum absolute atomic E-state index is 0.226. The molecule has 4 heteroatoms. The zero-order valence-corrected chi connectivity index (χ0v) is 10.5. The lowest BCUT2D eigenvalue weighted by Crippen LogP contribution is -2.33. The Morgan fingerprint density at radius 3 is 2.88 bits per heavy atom. The summed E-state index contributed by atoms with van der Waals surface area (Å²) in [7, 11) is 0. The van der Waals surface area contributed by atoms with Gasteiger partial charge in [-0.1, -0.05) is 24.1 Å². The van der Waals surface area contributed by atoms with Crippen molar-refractivity contribution in [3.05, 3.63) is 28.8 Å². The normalized spacial score (nSPS) is 24.1. The first kappa shape index (κ1) is 12.7.